The molecule has 0 atom stereocenters. The summed E-state index contributed by atoms with van der Waals surface area (Å²) in [6.45, 7) is 2.37. The summed E-state index contributed by atoms with van der Waals surface area (Å²) < 4.78 is 4.91. The van der Waals surface area contributed by atoms with E-state index >= 15 is 0 Å². The molecule has 0 amide bonds. The third-order valence-corrected chi connectivity index (χ3v) is 3.48. The highest BCUT2D eigenvalue weighted by Crippen LogP contribution is 2.38. The fourth-order valence-electron chi connectivity index (χ4n) is 2.38. The van der Waals surface area contributed by atoms with Crippen LogP contribution >= 0.6 is 0 Å². The largest absolute Gasteiger partial charge is 0.461 e. The van der Waals surface area contributed by atoms with E-state index in [1.807, 2.05) is 6.08 Å². The van der Waals surface area contributed by atoms with Crippen LogP contribution in [-0.2, 0) is 14.4 Å². The third kappa shape index (κ3) is 2.61. The van der Waals surface area contributed by atoms with Crippen LogP contribution in [0.3, 0.4) is 0 Å². The maximum absolute atomic E-state index is 11.5. The summed E-state index contributed by atoms with van der Waals surface area (Å²) in [6, 6.07) is 0. The van der Waals surface area contributed by atoms with E-state index in [9.17, 15) is 4.79 Å². The molecule has 1 aliphatic carbocycles. The molecule has 0 unspecified atom stereocenters. The van der Waals surface area contributed by atoms with Crippen molar-refractivity contribution in [1.29, 1.82) is 0 Å². The third-order valence-electron chi connectivity index (χ3n) is 3.48. The van der Waals surface area contributed by atoms with E-state index in [0.717, 1.165) is 25.7 Å². The van der Waals surface area contributed by atoms with E-state index in [-0.39, 0.29) is 18.2 Å². The van der Waals surface area contributed by atoms with Crippen molar-refractivity contribution in [3.63, 3.8) is 0 Å². The number of rotatable bonds is 3. The number of esters is 1. The topological polar surface area (TPSA) is 67.8 Å². The number of carbonyl (C=O) groups excluding carboxylic acids is 1. The van der Waals surface area contributed by atoms with Crippen molar-refractivity contribution < 1.29 is 19.5 Å². The van der Waals surface area contributed by atoms with Crippen LogP contribution in [0.2, 0.25) is 0 Å². The van der Waals surface area contributed by atoms with Crippen LogP contribution in [0.25, 0.3) is 0 Å². The van der Waals surface area contributed by atoms with Gasteiger partial charge in [0.05, 0.1) is 6.61 Å². The minimum Gasteiger partial charge on any atom is -0.461 e. The molecule has 0 aromatic heterocycles. The van der Waals surface area contributed by atoms with Crippen LogP contribution in [-0.4, -0.2) is 29.9 Å². The first kappa shape index (κ1) is 12.4. The van der Waals surface area contributed by atoms with Crippen molar-refractivity contribution in [2.24, 2.45) is 5.92 Å². The summed E-state index contributed by atoms with van der Waals surface area (Å²) in [6.07, 6.45) is 5.33. The van der Waals surface area contributed by atoms with E-state index < -0.39 is 0 Å². The second-order valence-electron chi connectivity index (χ2n) is 4.67. The molecule has 5 nitrogen and oxygen atoms in total. The SMILES string of the molecule is CCOC(=O)C1=CC2(CCC(CO)CC2)ON1. The molecule has 1 aliphatic heterocycles. The van der Waals surface area contributed by atoms with Crippen LogP contribution in [0.5, 0.6) is 0 Å². The number of carbonyl (C=O) groups is 1. The molecule has 0 radical (unpaired) electrons. The Morgan fingerprint density at radius 1 is 1.65 bits per heavy atom. The lowest BCUT2D eigenvalue weighted by molar-refractivity contribution is -0.141. The molecule has 2 aliphatic rings. The Bertz CT molecular complexity index is 318. The van der Waals surface area contributed by atoms with Gasteiger partial charge in [-0.15, -0.1) is 0 Å². The number of ether oxygens (including phenoxy) is 1. The molecular formula is C12H19NO4. The predicted octanol–water partition coefficient (Wildman–Crippen LogP) is 0.889. The van der Waals surface area contributed by atoms with Gasteiger partial charge in [-0.2, -0.15) is 0 Å². The smallest absolute Gasteiger partial charge is 0.356 e. The van der Waals surface area contributed by atoms with Gasteiger partial charge in [0.15, 0.2) is 0 Å². The van der Waals surface area contributed by atoms with Crippen LogP contribution in [0.15, 0.2) is 11.8 Å². The number of nitrogens with one attached hydrogen (secondary N) is 1. The quantitative estimate of drug-likeness (QED) is 0.718. The molecule has 1 saturated carbocycles. The van der Waals surface area contributed by atoms with Crippen molar-refractivity contribution in [2.45, 2.75) is 38.2 Å². The Hall–Kier alpha value is -1.07. The lowest BCUT2D eigenvalue weighted by atomic mass is 9.79. The zero-order valence-corrected chi connectivity index (χ0v) is 10.1. The first-order valence-corrected chi connectivity index (χ1v) is 6.14. The highest BCUT2D eigenvalue weighted by molar-refractivity contribution is 5.88. The van der Waals surface area contributed by atoms with Crippen molar-refractivity contribution in [2.75, 3.05) is 13.2 Å². The van der Waals surface area contributed by atoms with Crippen LogP contribution in [0, 0.1) is 5.92 Å². The van der Waals surface area contributed by atoms with Crippen molar-refractivity contribution in [3.05, 3.63) is 11.8 Å². The molecule has 1 fully saturated rings. The van der Waals surface area contributed by atoms with Crippen molar-refractivity contribution in [1.82, 2.24) is 5.48 Å². The maximum Gasteiger partial charge on any atom is 0.356 e. The maximum atomic E-state index is 11.5. The van der Waals surface area contributed by atoms with Crippen molar-refractivity contribution >= 4 is 5.97 Å². The molecule has 0 aromatic carbocycles. The Morgan fingerprint density at radius 2 is 2.35 bits per heavy atom. The number of aliphatic hydroxyl groups is 1. The zero-order chi connectivity index (χ0) is 12.3. The molecule has 17 heavy (non-hydrogen) atoms. The average molecular weight is 241 g/mol. The Balaban J connectivity index is 1.98. The zero-order valence-electron chi connectivity index (χ0n) is 10.1. The van der Waals surface area contributed by atoms with Gasteiger partial charge < -0.3 is 9.84 Å². The van der Waals surface area contributed by atoms with Crippen molar-refractivity contribution in [3.8, 4) is 0 Å². The Kier molecular flexibility index (Phi) is 3.69. The second kappa shape index (κ2) is 5.06. The second-order valence-corrected chi connectivity index (χ2v) is 4.67. The van der Waals surface area contributed by atoms with Gasteiger partial charge in [-0.3, -0.25) is 10.3 Å². The van der Waals surface area contributed by atoms with Gasteiger partial charge >= 0.3 is 5.97 Å². The molecule has 0 saturated heterocycles. The monoisotopic (exact) mass is 241 g/mol. The molecule has 0 bridgehead atoms. The molecular weight excluding hydrogens is 222 g/mol. The molecule has 2 rings (SSSR count). The van der Waals surface area contributed by atoms with E-state index in [1.165, 1.54) is 0 Å². The van der Waals surface area contributed by atoms with E-state index in [1.54, 1.807) is 6.92 Å². The lowest BCUT2D eigenvalue weighted by Crippen LogP contribution is -2.35. The molecule has 0 aromatic rings. The highest BCUT2D eigenvalue weighted by Gasteiger charge is 2.40. The van der Waals surface area contributed by atoms with Gasteiger partial charge in [-0.05, 0) is 44.6 Å². The van der Waals surface area contributed by atoms with Crippen LogP contribution < -0.4 is 5.48 Å². The molecule has 1 spiro atoms. The van der Waals surface area contributed by atoms with Gasteiger partial charge in [-0.25, -0.2) is 4.79 Å². The standard InChI is InChI=1S/C12H19NO4/c1-2-16-11(15)10-7-12(17-13-10)5-3-9(8-14)4-6-12/h7,9,13-14H,2-6,8H2,1H3. The molecule has 1 heterocycles. The number of hydroxylamine groups is 1. The number of hydrogen-bond acceptors (Lipinski definition) is 5. The van der Waals surface area contributed by atoms with E-state index in [2.05, 4.69) is 5.48 Å². The average Bonchev–Trinajstić information content (AvgIpc) is 2.75. The van der Waals surface area contributed by atoms with Crippen LogP contribution in [0.1, 0.15) is 32.6 Å². The number of aliphatic hydroxyl groups excluding tert-OH is 1. The van der Waals surface area contributed by atoms with E-state index in [4.69, 9.17) is 14.7 Å². The summed E-state index contributed by atoms with van der Waals surface area (Å²) in [5.74, 6) is -0.00192. The van der Waals surface area contributed by atoms with Gasteiger partial charge in [0, 0.05) is 6.61 Å². The lowest BCUT2D eigenvalue weighted by Gasteiger charge is -2.33. The summed E-state index contributed by atoms with van der Waals surface area (Å²) in [5, 5.41) is 9.09. The Labute approximate surface area is 101 Å². The normalized spacial score (nSPS) is 32.1. The highest BCUT2D eigenvalue weighted by atomic mass is 16.7. The van der Waals surface area contributed by atoms with Gasteiger partial charge in [0.25, 0.3) is 0 Å². The summed E-state index contributed by atoms with van der Waals surface area (Å²) >= 11 is 0. The van der Waals surface area contributed by atoms with Gasteiger partial charge in [0.1, 0.15) is 11.3 Å². The minimum atomic E-state index is -0.381. The fraction of sp³-hybridized carbons (Fsp3) is 0.750. The first-order valence-electron chi connectivity index (χ1n) is 6.14. The number of hydrogen-bond donors (Lipinski definition) is 2. The van der Waals surface area contributed by atoms with Crippen LogP contribution in [0.4, 0.5) is 0 Å². The summed E-state index contributed by atoms with van der Waals surface area (Å²) in [7, 11) is 0. The fourth-order valence-corrected chi connectivity index (χ4v) is 2.38. The van der Waals surface area contributed by atoms with Gasteiger partial charge in [0.2, 0.25) is 0 Å². The predicted molar refractivity (Wildman–Crippen MR) is 60.7 cm³/mol. The molecule has 2 N–H and O–H groups in total. The first-order chi connectivity index (χ1) is 8.19. The Morgan fingerprint density at radius 3 is 2.94 bits per heavy atom. The molecule has 5 heteroatoms. The summed E-state index contributed by atoms with van der Waals surface area (Å²) in [4.78, 5) is 17.0. The summed E-state index contributed by atoms with van der Waals surface area (Å²) in [5.41, 5.74) is 2.67. The van der Waals surface area contributed by atoms with Gasteiger partial charge in [-0.1, -0.05) is 0 Å². The molecule has 96 valence electrons. The van der Waals surface area contributed by atoms with E-state index in [0.29, 0.717) is 18.2 Å². The minimum absolute atomic E-state index is 0.234.